The molecule has 1 aromatic rings. The lowest BCUT2D eigenvalue weighted by atomic mass is 9.95. The highest BCUT2D eigenvalue weighted by molar-refractivity contribution is 7.92. The second-order valence-corrected chi connectivity index (χ2v) is 9.41. The Balaban J connectivity index is 0.00000261. The number of piperidine rings is 1. The van der Waals surface area contributed by atoms with E-state index < -0.39 is 20.5 Å². The number of nitrogens with one attached hydrogen (secondary N) is 2. The Labute approximate surface area is 166 Å². The zero-order valence-corrected chi connectivity index (χ0v) is 17.2. The third-order valence-corrected chi connectivity index (χ3v) is 7.38. The number of carbonyl (C=O) groups excluding carboxylic acids is 2. The van der Waals surface area contributed by atoms with Crippen LogP contribution >= 0.6 is 12.4 Å². The van der Waals surface area contributed by atoms with Crippen molar-refractivity contribution in [1.29, 1.82) is 0 Å². The van der Waals surface area contributed by atoms with Crippen molar-refractivity contribution in [3.63, 3.8) is 0 Å². The molecule has 3 rings (SSSR count). The normalized spacial score (nSPS) is 18.8. The van der Waals surface area contributed by atoms with Crippen LogP contribution in [0.2, 0.25) is 0 Å². The van der Waals surface area contributed by atoms with Crippen LogP contribution in [0.1, 0.15) is 31.7 Å². The maximum atomic E-state index is 12.9. The van der Waals surface area contributed by atoms with Crippen LogP contribution in [0.15, 0.2) is 18.2 Å². The summed E-state index contributed by atoms with van der Waals surface area (Å²) in [5, 5.41) is 5.91. The van der Waals surface area contributed by atoms with E-state index in [-0.39, 0.29) is 31.2 Å². The highest BCUT2D eigenvalue weighted by Gasteiger charge is 2.48. The van der Waals surface area contributed by atoms with Crippen LogP contribution < -0.4 is 15.5 Å². The Hall–Kier alpha value is -1.64. The van der Waals surface area contributed by atoms with Gasteiger partial charge in [0, 0.05) is 31.1 Å². The van der Waals surface area contributed by atoms with Crippen molar-refractivity contribution < 1.29 is 18.0 Å². The number of halogens is 1. The Kier molecular flexibility index (Phi) is 6.55. The molecule has 9 heteroatoms. The number of hydrogen-bond donors (Lipinski definition) is 2. The molecule has 0 saturated carbocycles. The number of sulfone groups is 1. The van der Waals surface area contributed by atoms with Gasteiger partial charge in [0.15, 0.2) is 14.6 Å². The molecule has 1 aromatic carbocycles. The zero-order chi connectivity index (χ0) is 18.9. The molecule has 2 aliphatic heterocycles. The molecule has 150 valence electrons. The maximum Gasteiger partial charge on any atom is 0.245 e. The van der Waals surface area contributed by atoms with Gasteiger partial charge < -0.3 is 15.5 Å². The summed E-state index contributed by atoms with van der Waals surface area (Å²) in [5.74, 6) is -0.478. The molecule has 0 aromatic heterocycles. The summed E-state index contributed by atoms with van der Waals surface area (Å²) in [6, 6.07) is 5.40. The summed E-state index contributed by atoms with van der Waals surface area (Å²) in [4.78, 5) is 26.4. The Bertz CT molecular complexity index is 835. The number of benzene rings is 1. The fraction of sp³-hybridized carbons (Fsp3) is 0.556. The minimum atomic E-state index is -3.55. The maximum absolute atomic E-state index is 12.9. The van der Waals surface area contributed by atoms with Crippen LogP contribution in [0.25, 0.3) is 0 Å². The lowest BCUT2D eigenvalue weighted by molar-refractivity contribution is -0.119. The van der Waals surface area contributed by atoms with Gasteiger partial charge in [-0.1, -0.05) is 0 Å². The van der Waals surface area contributed by atoms with Gasteiger partial charge in [0.25, 0.3) is 0 Å². The second-order valence-electron chi connectivity index (χ2n) is 7.09. The molecule has 0 unspecified atom stereocenters. The first kappa shape index (κ1) is 21.7. The average molecular weight is 416 g/mol. The van der Waals surface area contributed by atoms with Crippen molar-refractivity contribution in [3.8, 4) is 0 Å². The number of anilines is 2. The fourth-order valence-corrected chi connectivity index (χ4v) is 5.18. The van der Waals surface area contributed by atoms with Gasteiger partial charge in [-0.3, -0.25) is 9.59 Å². The number of hydrogen-bond acceptors (Lipinski definition) is 5. The second kappa shape index (κ2) is 8.16. The number of amides is 2. The SMILES string of the molecule is CC(=O)N1CCCc2cc(NC(=O)C3(S(C)(=O)=O)CCNCC3)ccc21.Cl. The lowest BCUT2D eigenvalue weighted by Crippen LogP contribution is -2.55. The number of fused-ring (bicyclic) bond motifs is 1. The first-order valence-electron chi connectivity index (χ1n) is 8.87. The van der Waals surface area contributed by atoms with E-state index in [9.17, 15) is 18.0 Å². The molecule has 1 saturated heterocycles. The van der Waals surface area contributed by atoms with Crippen LogP contribution in [-0.2, 0) is 25.8 Å². The standard InChI is InChI=1S/C18H25N3O4S.ClH/c1-13(22)21-11-3-4-14-12-15(5-6-16(14)21)20-17(23)18(26(2,24)25)7-9-19-10-8-18;/h5-6,12,19H,3-4,7-11H2,1-2H3,(H,20,23);1H. The van der Waals surface area contributed by atoms with Crippen molar-refractivity contribution in [2.24, 2.45) is 0 Å². The Morgan fingerprint density at radius 2 is 1.89 bits per heavy atom. The quantitative estimate of drug-likeness (QED) is 0.780. The molecule has 2 amide bonds. The van der Waals surface area contributed by atoms with E-state index in [0.29, 0.717) is 25.3 Å². The van der Waals surface area contributed by atoms with Crippen molar-refractivity contribution in [2.75, 3.05) is 36.1 Å². The zero-order valence-electron chi connectivity index (χ0n) is 15.6. The number of carbonyl (C=O) groups is 2. The first-order chi connectivity index (χ1) is 12.2. The first-order valence-corrected chi connectivity index (χ1v) is 10.8. The highest BCUT2D eigenvalue weighted by atomic mass is 35.5. The van der Waals surface area contributed by atoms with Gasteiger partial charge in [0.1, 0.15) is 0 Å². The molecule has 2 aliphatic rings. The van der Waals surface area contributed by atoms with E-state index in [0.717, 1.165) is 30.3 Å². The van der Waals surface area contributed by atoms with Gasteiger partial charge in [0.2, 0.25) is 11.8 Å². The summed E-state index contributed by atoms with van der Waals surface area (Å²) < 4.78 is 23.3. The van der Waals surface area contributed by atoms with E-state index in [1.165, 1.54) is 6.92 Å². The molecule has 2 heterocycles. The number of aryl methyl sites for hydroxylation is 1. The molecule has 0 bridgehead atoms. The highest BCUT2D eigenvalue weighted by Crippen LogP contribution is 2.32. The molecule has 7 nitrogen and oxygen atoms in total. The van der Waals surface area contributed by atoms with Gasteiger partial charge in [-0.2, -0.15) is 0 Å². The minimum absolute atomic E-state index is 0. The summed E-state index contributed by atoms with van der Waals surface area (Å²) >= 11 is 0. The van der Waals surface area contributed by atoms with E-state index in [2.05, 4.69) is 10.6 Å². The van der Waals surface area contributed by atoms with Gasteiger partial charge in [0.05, 0.1) is 0 Å². The number of nitrogens with zero attached hydrogens (tertiary/aromatic N) is 1. The van der Waals surface area contributed by atoms with E-state index in [1.807, 2.05) is 12.1 Å². The molecule has 0 aliphatic carbocycles. The Morgan fingerprint density at radius 3 is 2.48 bits per heavy atom. The van der Waals surface area contributed by atoms with E-state index in [1.54, 1.807) is 11.0 Å². The molecule has 0 radical (unpaired) electrons. The Morgan fingerprint density at radius 1 is 1.22 bits per heavy atom. The summed E-state index contributed by atoms with van der Waals surface area (Å²) in [6.07, 6.45) is 3.35. The average Bonchev–Trinajstić information content (AvgIpc) is 2.60. The van der Waals surface area contributed by atoms with Crippen LogP contribution in [0.4, 0.5) is 11.4 Å². The molecule has 2 N–H and O–H groups in total. The largest absolute Gasteiger partial charge is 0.325 e. The van der Waals surface area contributed by atoms with E-state index >= 15 is 0 Å². The summed E-state index contributed by atoms with van der Waals surface area (Å²) in [7, 11) is -3.55. The predicted octanol–water partition coefficient (Wildman–Crippen LogP) is 1.51. The third kappa shape index (κ3) is 4.12. The van der Waals surface area contributed by atoms with Crippen molar-refractivity contribution >= 4 is 45.4 Å². The van der Waals surface area contributed by atoms with Crippen molar-refractivity contribution in [3.05, 3.63) is 23.8 Å². The third-order valence-electron chi connectivity index (χ3n) is 5.37. The monoisotopic (exact) mass is 415 g/mol. The van der Waals surface area contributed by atoms with Crippen molar-refractivity contribution in [1.82, 2.24) is 5.32 Å². The molecular weight excluding hydrogens is 390 g/mol. The van der Waals surface area contributed by atoms with Crippen LogP contribution in [0.5, 0.6) is 0 Å². The molecule has 1 fully saturated rings. The van der Waals surface area contributed by atoms with Crippen molar-refractivity contribution in [2.45, 2.75) is 37.4 Å². The van der Waals surface area contributed by atoms with Crippen LogP contribution in [0, 0.1) is 0 Å². The molecule has 0 spiro atoms. The van der Waals surface area contributed by atoms with Crippen LogP contribution in [-0.4, -0.2) is 50.9 Å². The van der Waals surface area contributed by atoms with Gasteiger partial charge in [-0.05, 0) is 62.5 Å². The summed E-state index contributed by atoms with van der Waals surface area (Å²) in [5.41, 5.74) is 2.42. The topological polar surface area (TPSA) is 95.6 Å². The predicted molar refractivity (Wildman–Crippen MR) is 108 cm³/mol. The molecule has 0 atom stereocenters. The number of rotatable bonds is 3. The molecular formula is C18H26ClN3O4S. The minimum Gasteiger partial charge on any atom is -0.325 e. The smallest absolute Gasteiger partial charge is 0.245 e. The fourth-order valence-electron chi connectivity index (χ4n) is 3.84. The van der Waals surface area contributed by atoms with Gasteiger partial charge >= 0.3 is 0 Å². The lowest BCUT2D eigenvalue weighted by Gasteiger charge is -2.34. The van der Waals surface area contributed by atoms with Gasteiger partial charge in [-0.25, -0.2) is 8.42 Å². The van der Waals surface area contributed by atoms with Gasteiger partial charge in [-0.15, -0.1) is 12.4 Å². The molecule has 27 heavy (non-hydrogen) atoms. The summed E-state index contributed by atoms with van der Waals surface area (Å²) in [6.45, 7) is 3.23. The van der Waals surface area contributed by atoms with Crippen LogP contribution in [0.3, 0.4) is 0 Å². The van der Waals surface area contributed by atoms with E-state index in [4.69, 9.17) is 0 Å².